The minimum Gasteiger partial charge on any atom is -0.497 e. The molecule has 3 aromatic carbocycles. The van der Waals surface area contributed by atoms with Crippen molar-refractivity contribution < 1.29 is 22.7 Å². The second-order valence-corrected chi connectivity index (χ2v) is 8.77. The van der Waals surface area contributed by atoms with Crippen LogP contribution in [0.2, 0.25) is 0 Å². The summed E-state index contributed by atoms with van der Waals surface area (Å²) >= 11 is 0. The van der Waals surface area contributed by atoms with E-state index in [9.17, 15) is 13.2 Å². The Kier molecular flexibility index (Phi) is 7.86. The summed E-state index contributed by atoms with van der Waals surface area (Å²) in [5.41, 5.74) is 2.11. The van der Waals surface area contributed by atoms with Gasteiger partial charge in [-0.25, -0.2) is 13.1 Å². The van der Waals surface area contributed by atoms with Crippen LogP contribution < -0.4 is 19.5 Å². The van der Waals surface area contributed by atoms with Crippen LogP contribution in [-0.2, 0) is 23.0 Å². The molecular formula is C24H26N2O5S. The number of carbonyl (C=O) groups excluding carboxylic acids is 1. The van der Waals surface area contributed by atoms with E-state index in [1.165, 1.54) is 25.3 Å². The summed E-state index contributed by atoms with van der Waals surface area (Å²) < 4.78 is 38.7. The maximum Gasteiger partial charge on any atom is 0.251 e. The van der Waals surface area contributed by atoms with Crippen molar-refractivity contribution in [3.8, 4) is 11.5 Å². The van der Waals surface area contributed by atoms with Gasteiger partial charge in [0.2, 0.25) is 10.0 Å². The van der Waals surface area contributed by atoms with Gasteiger partial charge in [0.05, 0.1) is 14.2 Å². The second kappa shape index (κ2) is 10.8. The molecule has 2 N–H and O–H groups in total. The lowest BCUT2D eigenvalue weighted by molar-refractivity contribution is 0.0954. The molecule has 0 aromatic heterocycles. The van der Waals surface area contributed by atoms with E-state index in [1.54, 1.807) is 7.11 Å². The molecule has 0 aliphatic carbocycles. The molecular weight excluding hydrogens is 428 g/mol. The smallest absolute Gasteiger partial charge is 0.251 e. The first kappa shape index (κ1) is 23.3. The van der Waals surface area contributed by atoms with Crippen LogP contribution in [0.4, 0.5) is 0 Å². The van der Waals surface area contributed by atoms with Gasteiger partial charge < -0.3 is 14.8 Å². The molecule has 7 nitrogen and oxygen atoms in total. The minimum atomic E-state index is -3.89. The summed E-state index contributed by atoms with van der Waals surface area (Å²) in [4.78, 5) is 12.5. The van der Waals surface area contributed by atoms with E-state index in [1.807, 2.05) is 54.6 Å². The summed E-state index contributed by atoms with van der Waals surface area (Å²) in [7, 11) is -0.898. The molecule has 0 unspecified atom stereocenters. The average molecular weight is 455 g/mol. The molecule has 0 saturated carbocycles. The molecule has 168 valence electrons. The Morgan fingerprint density at radius 2 is 1.59 bits per heavy atom. The van der Waals surface area contributed by atoms with Crippen molar-refractivity contribution >= 4 is 15.9 Å². The predicted octanol–water partition coefficient (Wildman–Crippen LogP) is 3.15. The van der Waals surface area contributed by atoms with Crippen LogP contribution in [0.1, 0.15) is 21.5 Å². The van der Waals surface area contributed by atoms with Crippen LogP contribution in [0.25, 0.3) is 0 Å². The van der Waals surface area contributed by atoms with E-state index in [-0.39, 0.29) is 28.7 Å². The maximum absolute atomic E-state index is 12.9. The average Bonchev–Trinajstić information content (AvgIpc) is 2.83. The maximum atomic E-state index is 12.9. The highest BCUT2D eigenvalue weighted by Crippen LogP contribution is 2.25. The van der Waals surface area contributed by atoms with E-state index in [2.05, 4.69) is 10.0 Å². The van der Waals surface area contributed by atoms with Crippen molar-refractivity contribution in [1.82, 2.24) is 10.0 Å². The standard InChI is InChI=1S/C24H26N2O5S/c1-30-21-11-8-18(9-12-21)14-15-25-24(27)20-10-13-22(31-2)23(16-20)32(28,29)26-17-19-6-4-3-5-7-19/h3-13,16,26H,14-15,17H2,1-2H3,(H,25,27). The SMILES string of the molecule is COc1ccc(CCNC(=O)c2ccc(OC)c(S(=O)(=O)NCc3ccccc3)c2)cc1. The van der Waals surface area contributed by atoms with E-state index < -0.39 is 10.0 Å². The van der Waals surface area contributed by atoms with Crippen LogP contribution in [0.3, 0.4) is 0 Å². The van der Waals surface area contributed by atoms with Gasteiger partial charge in [0, 0.05) is 18.7 Å². The van der Waals surface area contributed by atoms with Crippen LogP contribution >= 0.6 is 0 Å². The Bertz CT molecular complexity index is 1150. The summed E-state index contributed by atoms with van der Waals surface area (Å²) in [6.45, 7) is 0.538. The number of benzene rings is 3. The monoisotopic (exact) mass is 454 g/mol. The molecule has 0 aliphatic heterocycles. The number of carbonyl (C=O) groups is 1. The lowest BCUT2D eigenvalue weighted by atomic mass is 10.1. The summed E-state index contributed by atoms with van der Waals surface area (Å²) in [5, 5.41) is 2.82. The van der Waals surface area contributed by atoms with Gasteiger partial charge in [-0.05, 0) is 47.9 Å². The number of nitrogens with one attached hydrogen (secondary N) is 2. The van der Waals surface area contributed by atoms with Gasteiger partial charge in [-0.2, -0.15) is 0 Å². The molecule has 0 aliphatic rings. The number of hydrogen-bond acceptors (Lipinski definition) is 5. The highest BCUT2D eigenvalue weighted by Gasteiger charge is 2.21. The minimum absolute atomic E-state index is 0.0845. The summed E-state index contributed by atoms with van der Waals surface area (Å²) in [5.74, 6) is 0.576. The Morgan fingerprint density at radius 1 is 0.875 bits per heavy atom. The second-order valence-electron chi connectivity index (χ2n) is 7.03. The fourth-order valence-corrected chi connectivity index (χ4v) is 4.31. The molecule has 0 radical (unpaired) electrons. The molecule has 32 heavy (non-hydrogen) atoms. The van der Waals surface area contributed by atoms with Gasteiger partial charge in [-0.1, -0.05) is 42.5 Å². The molecule has 0 fully saturated rings. The van der Waals surface area contributed by atoms with Crippen molar-refractivity contribution in [2.24, 2.45) is 0 Å². The fourth-order valence-electron chi connectivity index (χ4n) is 3.09. The first-order chi connectivity index (χ1) is 15.4. The first-order valence-electron chi connectivity index (χ1n) is 10.1. The van der Waals surface area contributed by atoms with Gasteiger partial charge in [0.25, 0.3) is 5.91 Å². The summed E-state index contributed by atoms with van der Waals surface area (Å²) in [6.07, 6.45) is 0.635. The zero-order chi connectivity index (χ0) is 23.0. The fraction of sp³-hybridized carbons (Fsp3) is 0.208. The Labute approximate surface area is 188 Å². The highest BCUT2D eigenvalue weighted by atomic mass is 32.2. The normalized spacial score (nSPS) is 11.1. The Hall–Kier alpha value is -3.36. The molecule has 3 rings (SSSR count). The summed E-state index contributed by atoms with van der Waals surface area (Å²) in [6, 6.07) is 21.1. The third kappa shape index (κ3) is 6.09. The van der Waals surface area contributed by atoms with Crippen molar-refractivity contribution in [3.05, 3.63) is 89.5 Å². The van der Waals surface area contributed by atoms with E-state index in [4.69, 9.17) is 9.47 Å². The first-order valence-corrected chi connectivity index (χ1v) is 11.5. The molecule has 0 bridgehead atoms. The van der Waals surface area contributed by atoms with E-state index in [0.717, 1.165) is 16.9 Å². The van der Waals surface area contributed by atoms with Crippen molar-refractivity contribution in [2.75, 3.05) is 20.8 Å². The van der Waals surface area contributed by atoms with Gasteiger partial charge in [0.1, 0.15) is 16.4 Å². The molecule has 0 atom stereocenters. The van der Waals surface area contributed by atoms with Crippen LogP contribution in [-0.4, -0.2) is 35.1 Å². The predicted molar refractivity (Wildman–Crippen MR) is 122 cm³/mol. The van der Waals surface area contributed by atoms with Crippen molar-refractivity contribution in [1.29, 1.82) is 0 Å². The van der Waals surface area contributed by atoms with Crippen molar-refractivity contribution in [3.63, 3.8) is 0 Å². The van der Waals surface area contributed by atoms with E-state index >= 15 is 0 Å². The van der Waals surface area contributed by atoms with Crippen LogP contribution in [0.5, 0.6) is 11.5 Å². The molecule has 0 heterocycles. The number of hydrogen-bond donors (Lipinski definition) is 2. The third-order valence-corrected chi connectivity index (χ3v) is 6.31. The lowest BCUT2D eigenvalue weighted by Gasteiger charge is -2.13. The van der Waals surface area contributed by atoms with Gasteiger partial charge in [-0.3, -0.25) is 4.79 Å². The van der Waals surface area contributed by atoms with Gasteiger partial charge in [0.15, 0.2) is 0 Å². The van der Waals surface area contributed by atoms with Gasteiger partial charge in [-0.15, -0.1) is 0 Å². The molecule has 0 spiro atoms. The quantitative estimate of drug-likeness (QED) is 0.491. The lowest BCUT2D eigenvalue weighted by Crippen LogP contribution is -2.27. The zero-order valence-corrected chi connectivity index (χ0v) is 18.8. The number of methoxy groups -OCH3 is 2. The van der Waals surface area contributed by atoms with E-state index in [0.29, 0.717) is 13.0 Å². The number of amides is 1. The largest absolute Gasteiger partial charge is 0.497 e. The Morgan fingerprint density at radius 3 is 2.25 bits per heavy atom. The molecule has 8 heteroatoms. The number of ether oxygens (including phenoxy) is 2. The van der Waals surface area contributed by atoms with Crippen LogP contribution in [0, 0.1) is 0 Å². The number of sulfonamides is 1. The topological polar surface area (TPSA) is 93.7 Å². The molecule has 1 amide bonds. The third-order valence-electron chi connectivity index (χ3n) is 4.88. The van der Waals surface area contributed by atoms with Crippen molar-refractivity contribution in [2.45, 2.75) is 17.9 Å². The Balaban J connectivity index is 1.67. The molecule has 0 saturated heterocycles. The van der Waals surface area contributed by atoms with Crippen LogP contribution in [0.15, 0.2) is 77.7 Å². The highest BCUT2D eigenvalue weighted by molar-refractivity contribution is 7.89. The zero-order valence-electron chi connectivity index (χ0n) is 18.0. The van der Waals surface area contributed by atoms with Gasteiger partial charge >= 0.3 is 0 Å². The number of rotatable bonds is 10. The molecule has 3 aromatic rings.